The molecule has 0 saturated carbocycles. The second-order valence-corrected chi connectivity index (χ2v) is 5.11. The topological polar surface area (TPSA) is 69.6 Å². The van der Waals surface area contributed by atoms with Crippen molar-refractivity contribution in [1.82, 2.24) is 5.32 Å². The molecule has 0 radical (unpaired) electrons. The highest BCUT2D eigenvalue weighted by molar-refractivity contribution is 7.17. The van der Waals surface area contributed by atoms with E-state index >= 15 is 0 Å². The van der Waals surface area contributed by atoms with Gasteiger partial charge in [0.1, 0.15) is 12.2 Å². The number of rotatable bonds is 4. The van der Waals surface area contributed by atoms with E-state index in [0.29, 0.717) is 5.56 Å². The molecule has 96 valence electrons. The van der Waals surface area contributed by atoms with E-state index in [9.17, 15) is 15.0 Å². The first-order chi connectivity index (χ1) is 8.58. The molecule has 2 unspecified atom stereocenters. The first-order valence-electron chi connectivity index (χ1n) is 5.65. The lowest BCUT2D eigenvalue weighted by atomic mass is 10.0. The van der Waals surface area contributed by atoms with Crippen molar-refractivity contribution < 1.29 is 15.0 Å². The molecule has 0 aliphatic carbocycles. The zero-order chi connectivity index (χ0) is 13.1. The van der Waals surface area contributed by atoms with Crippen LogP contribution in [0.25, 0.3) is 10.1 Å². The second kappa shape index (κ2) is 5.48. The molecule has 2 aromatic rings. The highest BCUT2D eigenvalue weighted by Gasteiger charge is 2.18. The average Bonchev–Trinajstić information content (AvgIpc) is 2.81. The largest absolute Gasteiger partial charge is 0.388 e. The third-order valence-electron chi connectivity index (χ3n) is 2.74. The Kier molecular flexibility index (Phi) is 3.96. The van der Waals surface area contributed by atoms with E-state index in [4.69, 9.17) is 0 Å². The Bertz CT molecular complexity index is 552. The highest BCUT2D eigenvalue weighted by Crippen LogP contribution is 2.25. The molecule has 3 N–H and O–H groups in total. The van der Waals surface area contributed by atoms with E-state index in [1.807, 2.05) is 23.6 Å². The minimum absolute atomic E-state index is 0.0399. The van der Waals surface area contributed by atoms with Crippen LogP contribution in [0.2, 0.25) is 0 Å². The van der Waals surface area contributed by atoms with Crippen LogP contribution < -0.4 is 5.32 Å². The summed E-state index contributed by atoms with van der Waals surface area (Å²) in [5, 5.41) is 25.3. The fraction of sp³-hybridized carbons (Fsp3) is 0.308. The molecule has 1 heterocycles. The van der Waals surface area contributed by atoms with Crippen LogP contribution in [0.5, 0.6) is 0 Å². The normalized spacial score (nSPS) is 14.4. The van der Waals surface area contributed by atoms with Crippen molar-refractivity contribution in [2.75, 3.05) is 6.54 Å². The zero-order valence-electron chi connectivity index (χ0n) is 9.96. The van der Waals surface area contributed by atoms with Gasteiger partial charge in [0.25, 0.3) is 0 Å². The minimum Gasteiger partial charge on any atom is -0.388 e. The quantitative estimate of drug-likeness (QED) is 0.783. The summed E-state index contributed by atoms with van der Waals surface area (Å²) in [4.78, 5) is 10.7. The van der Waals surface area contributed by atoms with Gasteiger partial charge < -0.3 is 15.5 Å². The second-order valence-electron chi connectivity index (χ2n) is 4.17. The van der Waals surface area contributed by atoms with Gasteiger partial charge in [-0.1, -0.05) is 6.07 Å². The molecule has 4 nitrogen and oxygen atoms in total. The number of benzene rings is 1. The minimum atomic E-state index is -1.01. The van der Waals surface area contributed by atoms with Crippen LogP contribution in [-0.4, -0.2) is 28.8 Å². The van der Waals surface area contributed by atoms with Crippen LogP contribution in [-0.2, 0) is 4.79 Å². The Morgan fingerprint density at radius 1 is 1.39 bits per heavy atom. The van der Waals surface area contributed by atoms with Gasteiger partial charge in [-0.15, -0.1) is 11.3 Å². The number of hydrogen-bond donors (Lipinski definition) is 3. The zero-order valence-corrected chi connectivity index (χ0v) is 10.8. The van der Waals surface area contributed by atoms with Crippen molar-refractivity contribution in [3.8, 4) is 0 Å². The number of hydrogen-bond acceptors (Lipinski definition) is 4. The van der Waals surface area contributed by atoms with Gasteiger partial charge in [-0.3, -0.25) is 4.79 Å². The molecule has 2 rings (SSSR count). The Labute approximate surface area is 109 Å². The summed E-state index contributed by atoms with van der Waals surface area (Å²) in [6.07, 6.45) is -2.01. The molecule has 1 amide bonds. The fourth-order valence-corrected chi connectivity index (χ4v) is 2.52. The van der Waals surface area contributed by atoms with Crippen LogP contribution in [0.3, 0.4) is 0 Å². The first kappa shape index (κ1) is 13.0. The third-order valence-corrected chi connectivity index (χ3v) is 3.64. The van der Waals surface area contributed by atoms with Crippen LogP contribution >= 0.6 is 11.3 Å². The molecule has 1 aromatic heterocycles. The van der Waals surface area contributed by atoms with Gasteiger partial charge in [-0.2, -0.15) is 0 Å². The number of fused-ring (bicyclic) bond motifs is 1. The standard InChI is InChI=1S/C13H15NO3S/c1-8(15)14-7-11(16)13(17)10-2-3-12-9(6-10)4-5-18-12/h2-6,11,13,16-17H,7H2,1H3,(H,14,15). The lowest BCUT2D eigenvalue weighted by molar-refractivity contribution is -0.119. The Balaban J connectivity index is 2.11. The molecule has 0 fully saturated rings. The summed E-state index contributed by atoms with van der Waals surface area (Å²) < 4.78 is 1.14. The first-order valence-corrected chi connectivity index (χ1v) is 6.53. The molecule has 0 bridgehead atoms. The number of carbonyl (C=O) groups excluding carboxylic acids is 1. The van der Waals surface area contributed by atoms with Crippen molar-refractivity contribution in [3.63, 3.8) is 0 Å². The predicted octanol–water partition coefficient (Wildman–Crippen LogP) is 1.43. The number of thiophene rings is 1. The SMILES string of the molecule is CC(=O)NCC(O)C(O)c1ccc2sccc2c1. The summed E-state index contributed by atoms with van der Waals surface area (Å²) in [7, 11) is 0. The number of nitrogens with one attached hydrogen (secondary N) is 1. The Morgan fingerprint density at radius 3 is 2.89 bits per heavy atom. The maximum Gasteiger partial charge on any atom is 0.216 e. The summed E-state index contributed by atoms with van der Waals surface area (Å²) in [6, 6.07) is 7.54. The lowest BCUT2D eigenvalue weighted by Gasteiger charge is -2.18. The highest BCUT2D eigenvalue weighted by atomic mass is 32.1. The van der Waals surface area contributed by atoms with Gasteiger partial charge in [0, 0.05) is 18.2 Å². The van der Waals surface area contributed by atoms with Crippen molar-refractivity contribution in [2.24, 2.45) is 0 Å². The summed E-state index contributed by atoms with van der Waals surface area (Å²) >= 11 is 1.63. The van der Waals surface area contributed by atoms with Crippen molar-refractivity contribution >= 4 is 27.3 Å². The molecule has 2 atom stereocenters. The number of aliphatic hydroxyl groups is 2. The summed E-state index contributed by atoms with van der Waals surface area (Å²) in [5.74, 6) is -0.227. The van der Waals surface area contributed by atoms with Crippen molar-refractivity contribution in [1.29, 1.82) is 0 Å². The van der Waals surface area contributed by atoms with E-state index < -0.39 is 12.2 Å². The molecule has 1 aromatic carbocycles. The van der Waals surface area contributed by atoms with Crippen molar-refractivity contribution in [3.05, 3.63) is 35.2 Å². The van der Waals surface area contributed by atoms with Gasteiger partial charge >= 0.3 is 0 Å². The average molecular weight is 265 g/mol. The van der Waals surface area contributed by atoms with E-state index in [-0.39, 0.29) is 12.5 Å². The Morgan fingerprint density at radius 2 is 2.17 bits per heavy atom. The molecular weight excluding hydrogens is 250 g/mol. The predicted molar refractivity (Wildman–Crippen MR) is 71.5 cm³/mol. The van der Waals surface area contributed by atoms with E-state index in [2.05, 4.69) is 5.32 Å². The number of carbonyl (C=O) groups is 1. The maximum absolute atomic E-state index is 10.7. The maximum atomic E-state index is 10.7. The Hall–Kier alpha value is -1.43. The van der Waals surface area contributed by atoms with E-state index in [1.54, 1.807) is 17.4 Å². The van der Waals surface area contributed by atoms with Gasteiger partial charge in [0.2, 0.25) is 5.91 Å². The van der Waals surface area contributed by atoms with Gasteiger partial charge in [-0.05, 0) is 34.5 Å². The van der Waals surface area contributed by atoms with Crippen LogP contribution in [0.1, 0.15) is 18.6 Å². The van der Waals surface area contributed by atoms with Crippen molar-refractivity contribution in [2.45, 2.75) is 19.1 Å². The van der Waals surface area contributed by atoms with Crippen LogP contribution in [0.15, 0.2) is 29.6 Å². The van der Waals surface area contributed by atoms with E-state index in [0.717, 1.165) is 10.1 Å². The smallest absolute Gasteiger partial charge is 0.216 e. The van der Waals surface area contributed by atoms with E-state index in [1.165, 1.54) is 6.92 Å². The van der Waals surface area contributed by atoms with Crippen LogP contribution in [0.4, 0.5) is 0 Å². The monoisotopic (exact) mass is 265 g/mol. The number of amides is 1. The van der Waals surface area contributed by atoms with Crippen LogP contribution in [0, 0.1) is 0 Å². The molecule has 0 saturated heterocycles. The molecule has 0 aliphatic heterocycles. The third kappa shape index (κ3) is 2.87. The summed E-state index contributed by atoms with van der Waals surface area (Å²) in [6.45, 7) is 1.41. The molecule has 0 aliphatic rings. The van der Waals surface area contributed by atoms with Gasteiger partial charge in [0.05, 0.1) is 0 Å². The van der Waals surface area contributed by atoms with Gasteiger partial charge in [-0.25, -0.2) is 0 Å². The molecule has 5 heteroatoms. The molecule has 18 heavy (non-hydrogen) atoms. The molecular formula is C13H15NO3S. The molecule has 0 spiro atoms. The summed E-state index contributed by atoms with van der Waals surface area (Å²) in [5.41, 5.74) is 0.652. The number of aliphatic hydroxyl groups excluding tert-OH is 2. The van der Waals surface area contributed by atoms with Gasteiger partial charge in [0.15, 0.2) is 0 Å². The fourth-order valence-electron chi connectivity index (χ4n) is 1.75. The lowest BCUT2D eigenvalue weighted by Crippen LogP contribution is -2.34.